The molecule has 2 amide bonds. The van der Waals surface area contributed by atoms with Crippen molar-refractivity contribution in [3.63, 3.8) is 0 Å². The lowest BCUT2D eigenvalue weighted by Crippen LogP contribution is -2.30. The molecule has 146 valence electrons. The maximum absolute atomic E-state index is 12.0. The number of hydrogen-bond donors (Lipinski definition) is 2. The molecule has 2 aromatic carbocycles. The lowest BCUT2D eigenvalue weighted by molar-refractivity contribution is 0.251. The van der Waals surface area contributed by atoms with Crippen molar-refractivity contribution in [1.29, 1.82) is 5.26 Å². The van der Waals surface area contributed by atoms with Crippen molar-refractivity contribution in [2.45, 2.75) is 39.7 Å². The van der Waals surface area contributed by atoms with E-state index in [1.54, 1.807) is 12.3 Å². The summed E-state index contributed by atoms with van der Waals surface area (Å²) in [5.74, 6) is 1.34. The molecule has 1 saturated carbocycles. The molecule has 29 heavy (non-hydrogen) atoms. The highest BCUT2D eigenvalue weighted by molar-refractivity contribution is 5.91. The Hall–Kier alpha value is -3.59. The summed E-state index contributed by atoms with van der Waals surface area (Å²) in [4.78, 5) is 16.4. The number of benzene rings is 2. The molecule has 6 nitrogen and oxygen atoms in total. The number of rotatable bonds is 4. The normalized spacial score (nSPS) is 13.0. The molecule has 1 aliphatic carbocycles. The van der Waals surface area contributed by atoms with E-state index in [4.69, 9.17) is 4.74 Å². The standard InChI is InChI=1S/C23H22N4O2/c1-13-10-20-18(11-16(13)12-24)22(8-9-25-20)29-21-7-6-19(14(2)15(21)3)27-23(28)26-17-4-5-17/h6-11,17H,4-5H2,1-3H3,(H2,26,27,28). The van der Waals surface area contributed by atoms with Crippen LogP contribution in [0, 0.1) is 32.1 Å². The van der Waals surface area contributed by atoms with Crippen molar-refractivity contribution in [3.05, 3.63) is 58.8 Å². The van der Waals surface area contributed by atoms with Crippen LogP contribution in [-0.2, 0) is 0 Å². The second-order valence-electron chi connectivity index (χ2n) is 7.44. The van der Waals surface area contributed by atoms with E-state index in [1.165, 1.54) is 0 Å². The van der Waals surface area contributed by atoms with Crippen LogP contribution in [0.2, 0.25) is 0 Å². The first-order chi connectivity index (χ1) is 14.0. The summed E-state index contributed by atoms with van der Waals surface area (Å²) in [6.07, 6.45) is 3.79. The summed E-state index contributed by atoms with van der Waals surface area (Å²) in [5, 5.41) is 16.0. The topological polar surface area (TPSA) is 87.0 Å². The predicted octanol–water partition coefficient (Wildman–Crippen LogP) is 5.11. The average molecular weight is 386 g/mol. The molecule has 0 radical (unpaired) electrons. The van der Waals surface area contributed by atoms with Crippen molar-refractivity contribution in [2.75, 3.05) is 5.32 Å². The third-order valence-corrected chi connectivity index (χ3v) is 5.29. The number of ether oxygens (including phenoxy) is 1. The highest BCUT2D eigenvalue weighted by atomic mass is 16.5. The van der Waals surface area contributed by atoms with Crippen molar-refractivity contribution < 1.29 is 9.53 Å². The van der Waals surface area contributed by atoms with Gasteiger partial charge in [-0.1, -0.05) is 0 Å². The molecule has 4 rings (SSSR count). The monoisotopic (exact) mass is 386 g/mol. The first-order valence-electron chi connectivity index (χ1n) is 9.61. The molecular weight excluding hydrogens is 364 g/mol. The van der Waals surface area contributed by atoms with Crippen LogP contribution in [0.1, 0.15) is 35.1 Å². The Balaban J connectivity index is 1.63. The van der Waals surface area contributed by atoms with Gasteiger partial charge in [0.15, 0.2) is 0 Å². The van der Waals surface area contributed by atoms with Gasteiger partial charge in [0.25, 0.3) is 0 Å². The van der Waals surface area contributed by atoms with Crippen molar-refractivity contribution in [3.8, 4) is 17.6 Å². The fraction of sp³-hybridized carbons (Fsp3) is 0.261. The van der Waals surface area contributed by atoms with E-state index in [9.17, 15) is 10.1 Å². The zero-order valence-corrected chi connectivity index (χ0v) is 16.7. The van der Waals surface area contributed by atoms with Crippen LogP contribution in [0.4, 0.5) is 10.5 Å². The number of carbonyl (C=O) groups excluding carboxylic acids is 1. The molecule has 0 bridgehead atoms. The molecule has 1 fully saturated rings. The Morgan fingerprint density at radius 2 is 1.93 bits per heavy atom. The van der Waals surface area contributed by atoms with Gasteiger partial charge in [-0.15, -0.1) is 0 Å². The summed E-state index contributed by atoms with van der Waals surface area (Å²) in [6.45, 7) is 5.81. The summed E-state index contributed by atoms with van der Waals surface area (Å²) in [7, 11) is 0. The Morgan fingerprint density at radius 1 is 1.14 bits per heavy atom. The smallest absolute Gasteiger partial charge is 0.319 e. The molecule has 2 N–H and O–H groups in total. The maximum atomic E-state index is 12.0. The van der Waals surface area contributed by atoms with Gasteiger partial charge in [-0.2, -0.15) is 5.26 Å². The number of hydrogen-bond acceptors (Lipinski definition) is 4. The Morgan fingerprint density at radius 3 is 2.66 bits per heavy atom. The van der Waals surface area contributed by atoms with Crippen LogP contribution in [0.15, 0.2) is 36.5 Å². The number of anilines is 1. The largest absolute Gasteiger partial charge is 0.456 e. The van der Waals surface area contributed by atoms with Crippen LogP contribution in [0.25, 0.3) is 10.9 Å². The Labute approximate surface area is 169 Å². The van der Waals surface area contributed by atoms with Crippen molar-refractivity contribution in [1.82, 2.24) is 10.3 Å². The fourth-order valence-electron chi connectivity index (χ4n) is 3.21. The number of nitrogens with zero attached hydrogens (tertiary/aromatic N) is 2. The number of amides is 2. The molecule has 0 unspecified atom stereocenters. The average Bonchev–Trinajstić information content (AvgIpc) is 3.51. The van der Waals surface area contributed by atoms with E-state index in [0.29, 0.717) is 23.1 Å². The van der Waals surface area contributed by atoms with Gasteiger partial charge in [0.2, 0.25) is 0 Å². The molecule has 6 heteroatoms. The zero-order chi connectivity index (χ0) is 20.5. The number of urea groups is 1. The van der Waals surface area contributed by atoms with E-state index in [2.05, 4.69) is 21.7 Å². The second-order valence-corrected chi connectivity index (χ2v) is 7.44. The van der Waals surface area contributed by atoms with Crippen molar-refractivity contribution >= 4 is 22.6 Å². The van der Waals surface area contributed by atoms with Crippen molar-refractivity contribution in [2.24, 2.45) is 0 Å². The molecule has 1 aromatic heterocycles. The quantitative estimate of drug-likeness (QED) is 0.652. The van der Waals surface area contributed by atoms with Crippen LogP contribution < -0.4 is 15.4 Å². The first-order valence-corrected chi connectivity index (χ1v) is 9.61. The molecular formula is C23H22N4O2. The van der Waals surface area contributed by atoms with E-state index in [-0.39, 0.29) is 6.03 Å². The molecule has 1 heterocycles. The van der Waals surface area contributed by atoms with Crippen LogP contribution in [-0.4, -0.2) is 17.1 Å². The molecule has 1 aliphatic rings. The third-order valence-electron chi connectivity index (χ3n) is 5.29. The fourth-order valence-corrected chi connectivity index (χ4v) is 3.21. The third kappa shape index (κ3) is 3.85. The van der Waals surface area contributed by atoms with E-state index < -0.39 is 0 Å². The number of nitrogens with one attached hydrogen (secondary N) is 2. The second kappa shape index (κ2) is 7.44. The summed E-state index contributed by atoms with van der Waals surface area (Å²) in [6, 6.07) is 11.5. The number of pyridine rings is 1. The van der Waals surface area contributed by atoms with Gasteiger partial charge in [0.1, 0.15) is 11.5 Å². The molecule has 0 aliphatic heterocycles. The minimum absolute atomic E-state index is 0.178. The van der Waals surface area contributed by atoms with Gasteiger partial charge in [-0.05, 0) is 80.6 Å². The lowest BCUT2D eigenvalue weighted by atomic mass is 10.0. The Kier molecular flexibility index (Phi) is 4.81. The van der Waals surface area contributed by atoms with E-state index in [0.717, 1.165) is 46.1 Å². The highest BCUT2D eigenvalue weighted by Gasteiger charge is 2.23. The number of aryl methyl sites for hydroxylation is 1. The van der Waals surface area contributed by atoms with Gasteiger partial charge < -0.3 is 15.4 Å². The summed E-state index contributed by atoms with van der Waals surface area (Å²) >= 11 is 0. The maximum Gasteiger partial charge on any atom is 0.319 e. The number of carbonyl (C=O) groups is 1. The Bertz CT molecular complexity index is 1160. The molecule has 0 atom stereocenters. The minimum Gasteiger partial charge on any atom is -0.456 e. The molecule has 0 saturated heterocycles. The van der Waals surface area contributed by atoms with E-state index in [1.807, 2.05) is 45.0 Å². The first kappa shape index (κ1) is 18.8. The number of aromatic nitrogens is 1. The molecule has 3 aromatic rings. The minimum atomic E-state index is -0.178. The van der Waals surface area contributed by atoms with Gasteiger partial charge >= 0.3 is 6.03 Å². The zero-order valence-electron chi connectivity index (χ0n) is 16.7. The van der Waals surface area contributed by atoms with Crippen LogP contribution in [0.5, 0.6) is 11.5 Å². The lowest BCUT2D eigenvalue weighted by Gasteiger charge is -2.16. The van der Waals surface area contributed by atoms with Crippen LogP contribution >= 0.6 is 0 Å². The van der Waals surface area contributed by atoms with Gasteiger partial charge in [0.05, 0.1) is 17.1 Å². The van der Waals surface area contributed by atoms with Gasteiger partial charge in [-0.25, -0.2) is 4.79 Å². The van der Waals surface area contributed by atoms with E-state index >= 15 is 0 Å². The molecule has 0 spiro atoms. The van der Waals surface area contributed by atoms with Gasteiger partial charge in [0, 0.05) is 23.3 Å². The number of nitriles is 1. The SMILES string of the molecule is Cc1cc2nccc(Oc3ccc(NC(=O)NC4CC4)c(C)c3C)c2cc1C#N. The summed E-state index contributed by atoms with van der Waals surface area (Å²) in [5.41, 5.74) is 4.91. The highest BCUT2D eigenvalue weighted by Crippen LogP contribution is 2.35. The number of fused-ring (bicyclic) bond motifs is 1. The summed E-state index contributed by atoms with van der Waals surface area (Å²) < 4.78 is 6.20. The van der Waals surface area contributed by atoms with Gasteiger partial charge in [-0.3, -0.25) is 4.98 Å². The predicted molar refractivity (Wildman–Crippen MR) is 112 cm³/mol. The van der Waals surface area contributed by atoms with Crippen LogP contribution in [0.3, 0.4) is 0 Å².